The van der Waals surface area contributed by atoms with Crippen molar-refractivity contribution >= 4 is 10.9 Å². The second kappa shape index (κ2) is 4.52. The number of pyridine rings is 1. The van der Waals surface area contributed by atoms with Crippen molar-refractivity contribution in [2.75, 3.05) is 0 Å². The molecule has 0 aliphatic heterocycles. The van der Waals surface area contributed by atoms with Gasteiger partial charge in [-0.3, -0.25) is 9.67 Å². The summed E-state index contributed by atoms with van der Waals surface area (Å²) >= 11 is 0. The zero-order valence-electron chi connectivity index (χ0n) is 11.2. The van der Waals surface area contributed by atoms with Gasteiger partial charge in [0.05, 0.1) is 10.9 Å². The maximum atomic E-state index is 13.0. The zero-order chi connectivity index (χ0) is 15.3. The molecular weight excluding hydrogens is 299 g/mol. The van der Waals surface area contributed by atoms with Gasteiger partial charge < -0.3 is 4.52 Å². The van der Waals surface area contributed by atoms with Crippen LogP contribution < -0.4 is 0 Å². The number of fused-ring (bicyclic) bond motifs is 1. The molecule has 1 saturated carbocycles. The first-order valence-electron chi connectivity index (χ1n) is 6.72. The third kappa shape index (κ3) is 2.22. The van der Waals surface area contributed by atoms with Gasteiger partial charge >= 0.3 is 6.18 Å². The molecule has 0 bridgehead atoms. The van der Waals surface area contributed by atoms with E-state index in [4.69, 9.17) is 4.52 Å². The van der Waals surface area contributed by atoms with E-state index in [-0.39, 0.29) is 11.9 Å². The first-order valence-corrected chi connectivity index (χ1v) is 6.72. The third-order valence-electron chi connectivity index (χ3n) is 3.52. The molecule has 1 aliphatic carbocycles. The number of hydrogen-bond acceptors (Lipinski definition) is 5. The van der Waals surface area contributed by atoms with Gasteiger partial charge in [0, 0.05) is 18.3 Å². The summed E-state index contributed by atoms with van der Waals surface area (Å²) < 4.78 is 45.4. The summed E-state index contributed by atoms with van der Waals surface area (Å²) in [5, 5.41) is 7.42. The predicted octanol–water partition coefficient (Wildman–Crippen LogP) is 2.76. The summed E-state index contributed by atoms with van der Waals surface area (Å²) in [5.41, 5.74) is -0.624. The fourth-order valence-corrected chi connectivity index (χ4v) is 2.31. The molecule has 0 aromatic carbocycles. The van der Waals surface area contributed by atoms with Crippen molar-refractivity contribution in [3.05, 3.63) is 35.9 Å². The van der Waals surface area contributed by atoms with E-state index in [1.807, 2.05) is 0 Å². The molecule has 3 aromatic heterocycles. The summed E-state index contributed by atoms with van der Waals surface area (Å²) in [6.07, 6.45) is 0.0649. The summed E-state index contributed by atoms with van der Waals surface area (Å²) in [6, 6.07) is 1.49. The lowest BCUT2D eigenvalue weighted by molar-refractivity contribution is -0.140. The second-order valence-electron chi connectivity index (χ2n) is 5.22. The Morgan fingerprint density at radius 2 is 2.14 bits per heavy atom. The molecule has 0 N–H and O–H groups in total. The van der Waals surface area contributed by atoms with Gasteiger partial charge in [0.1, 0.15) is 6.54 Å². The maximum absolute atomic E-state index is 13.0. The highest BCUT2D eigenvalue weighted by Crippen LogP contribution is 2.39. The van der Waals surface area contributed by atoms with E-state index in [0.717, 1.165) is 19.0 Å². The summed E-state index contributed by atoms with van der Waals surface area (Å²) in [5.74, 6) is 1.16. The van der Waals surface area contributed by atoms with Crippen LogP contribution in [0.5, 0.6) is 0 Å². The van der Waals surface area contributed by atoms with Gasteiger partial charge in [0.2, 0.25) is 5.89 Å². The highest BCUT2D eigenvalue weighted by molar-refractivity contribution is 5.81. The van der Waals surface area contributed by atoms with Crippen molar-refractivity contribution in [3.8, 4) is 0 Å². The Morgan fingerprint density at radius 3 is 2.86 bits per heavy atom. The number of aromatic nitrogens is 5. The highest BCUT2D eigenvalue weighted by atomic mass is 19.4. The van der Waals surface area contributed by atoms with E-state index >= 15 is 0 Å². The second-order valence-corrected chi connectivity index (χ2v) is 5.22. The molecule has 3 heterocycles. The van der Waals surface area contributed by atoms with Crippen LogP contribution in [0.15, 0.2) is 23.0 Å². The molecule has 3 aromatic rings. The average molecular weight is 309 g/mol. The third-order valence-corrected chi connectivity index (χ3v) is 3.52. The average Bonchev–Trinajstić information content (AvgIpc) is 3.11. The molecule has 114 valence electrons. The van der Waals surface area contributed by atoms with Crippen LogP contribution in [-0.4, -0.2) is 24.9 Å². The van der Waals surface area contributed by atoms with Gasteiger partial charge in [-0.25, -0.2) is 0 Å². The molecule has 22 heavy (non-hydrogen) atoms. The minimum atomic E-state index is -4.54. The summed E-state index contributed by atoms with van der Waals surface area (Å²) in [6.45, 7) is 0.0206. The van der Waals surface area contributed by atoms with Crippen molar-refractivity contribution in [1.29, 1.82) is 0 Å². The number of hydrogen-bond donors (Lipinski definition) is 0. The maximum Gasteiger partial charge on any atom is 0.435 e. The normalized spacial score (nSPS) is 15.6. The van der Waals surface area contributed by atoms with E-state index in [1.54, 1.807) is 0 Å². The van der Waals surface area contributed by atoms with Crippen LogP contribution in [-0.2, 0) is 12.7 Å². The van der Waals surface area contributed by atoms with Crippen LogP contribution in [0.3, 0.4) is 0 Å². The van der Waals surface area contributed by atoms with Crippen molar-refractivity contribution in [1.82, 2.24) is 24.9 Å². The minimum Gasteiger partial charge on any atom is -0.339 e. The standard InChI is InChI=1S/C13H10F3N5O/c14-13(15,16)11-8-5-17-4-3-9(8)21(19-11)6-10-18-12(22-20-10)7-1-2-7/h3-5,7H,1-2,6H2. The monoisotopic (exact) mass is 309 g/mol. The topological polar surface area (TPSA) is 69.6 Å². The Labute approximate surface area is 121 Å². The van der Waals surface area contributed by atoms with E-state index in [9.17, 15) is 13.2 Å². The van der Waals surface area contributed by atoms with E-state index in [1.165, 1.54) is 16.9 Å². The van der Waals surface area contributed by atoms with Crippen molar-refractivity contribution in [3.63, 3.8) is 0 Å². The molecule has 0 saturated heterocycles. The Hall–Kier alpha value is -2.45. The van der Waals surface area contributed by atoms with Gasteiger partial charge in [-0.15, -0.1) is 0 Å². The van der Waals surface area contributed by atoms with Gasteiger partial charge in [-0.1, -0.05) is 5.16 Å². The molecule has 0 atom stereocenters. The number of rotatable bonds is 3. The predicted molar refractivity (Wildman–Crippen MR) is 67.9 cm³/mol. The Balaban J connectivity index is 1.74. The fraction of sp³-hybridized carbons (Fsp3) is 0.385. The van der Waals surface area contributed by atoms with Crippen LogP contribution in [0, 0.1) is 0 Å². The molecular formula is C13H10F3N5O. The van der Waals surface area contributed by atoms with Gasteiger partial charge in [-0.2, -0.15) is 23.3 Å². The van der Waals surface area contributed by atoms with Crippen LogP contribution in [0.25, 0.3) is 10.9 Å². The highest BCUT2D eigenvalue weighted by Gasteiger charge is 2.37. The molecule has 0 amide bonds. The van der Waals surface area contributed by atoms with Crippen LogP contribution in [0.1, 0.15) is 36.2 Å². The van der Waals surface area contributed by atoms with Gasteiger partial charge in [0.25, 0.3) is 0 Å². The Morgan fingerprint density at radius 1 is 1.32 bits per heavy atom. The fourth-order valence-electron chi connectivity index (χ4n) is 2.31. The molecule has 4 rings (SSSR count). The quantitative estimate of drug-likeness (QED) is 0.744. The molecule has 0 spiro atoms. The summed E-state index contributed by atoms with van der Waals surface area (Å²) in [4.78, 5) is 7.95. The SMILES string of the molecule is FC(F)(F)c1nn(Cc2noc(C3CC3)n2)c2ccncc12. The van der Waals surface area contributed by atoms with Crippen molar-refractivity contribution in [2.45, 2.75) is 31.5 Å². The van der Waals surface area contributed by atoms with Crippen LogP contribution >= 0.6 is 0 Å². The van der Waals surface area contributed by atoms with Gasteiger partial charge in [-0.05, 0) is 18.9 Å². The molecule has 9 heteroatoms. The largest absolute Gasteiger partial charge is 0.435 e. The van der Waals surface area contributed by atoms with Crippen LogP contribution in [0.4, 0.5) is 13.2 Å². The molecule has 1 aliphatic rings. The number of nitrogens with zero attached hydrogens (tertiary/aromatic N) is 5. The van der Waals surface area contributed by atoms with Crippen LogP contribution in [0.2, 0.25) is 0 Å². The molecule has 1 fully saturated rings. The number of alkyl halides is 3. The minimum absolute atomic E-state index is 0.0206. The smallest absolute Gasteiger partial charge is 0.339 e. The summed E-state index contributed by atoms with van der Waals surface area (Å²) in [7, 11) is 0. The van der Waals surface area contributed by atoms with E-state index in [0.29, 0.717) is 23.1 Å². The Kier molecular flexibility index (Phi) is 2.72. The molecule has 0 radical (unpaired) electrons. The lowest BCUT2D eigenvalue weighted by atomic mass is 10.2. The molecule has 6 nitrogen and oxygen atoms in total. The lowest BCUT2D eigenvalue weighted by Crippen LogP contribution is -2.09. The lowest BCUT2D eigenvalue weighted by Gasteiger charge is -2.01. The zero-order valence-corrected chi connectivity index (χ0v) is 11.2. The first kappa shape index (κ1) is 13.2. The van der Waals surface area contributed by atoms with Crippen molar-refractivity contribution in [2.24, 2.45) is 0 Å². The Bertz CT molecular complexity index is 834. The first-order chi connectivity index (χ1) is 10.5. The van der Waals surface area contributed by atoms with Crippen molar-refractivity contribution < 1.29 is 17.7 Å². The van der Waals surface area contributed by atoms with E-state index in [2.05, 4.69) is 20.2 Å². The van der Waals surface area contributed by atoms with E-state index < -0.39 is 11.9 Å². The number of halogens is 3. The van der Waals surface area contributed by atoms with Gasteiger partial charge in [0.15, 0.2) is 11.5 Å². The molecule has 0 unspecified atom stereocenters.